The molecule has 3 aliphatic rings. The Morgan fingerprint density at radius 1 is 0.879 bits per heavy atom. The van der Waals surface area contributed by atoms with Crippen molar-refractivity contribution in [3.63, 3.8) is 0 Å². The Morgan fingerprint density at radius 2 is 1.67 bits per heavy atom. The lowest BCUT2D eigenvalue weighted by Crippen LogP contribution is -2.51. The third-order valence-electron chi connectivity index (χ3n) is 6.20. The summed E-state index contributed by atoms with van der Waals surface area (Å²) in [5.41, 5.74) is 1.41. The molecule has 10 heteroatoms. The summed E-state index contributed by atoms with van der Waals surface area (Å²) in [4.78, 5) is 32.3. The van der Waals surface area contributed by atoms with Gasteiger partial charge in [-0.25, -0.2) is 13.6 Å². The largest absolute Gasteiger partial charge is 0.454 e. The molecule has 8 nitrogen and oxygen atoms in total. The van der Waals surface area contributed by atoms with Crippen molar-refractivity contribution in [2.75, 3.05) is 57.5 Å². The number of halogens is 2. The van der Waals surface area contributed by atoms with Crippen LogP contribution in [0.2, 0.25) is 0 Å². The normalized spacial score (nSPS) is 18.4. The molecule has 0 saturated carbocycles. The Kier molecular flexibility index (Phi) is 5.76. The average molecular weight is 458 g/mol. The number of nitrogens with zero attached hydrogens (tertiary/aromatic N) is 4. The molecule has 3 amide bonds. The number of amides is 3. The number of piperazine rings is 1. The SMILES string of the molecule is O=C(CN1CCN(c2ccc(F)c(F)c2)C1=O)N1CCN(Cc2ccc3c(c2)OCO3)CC1. The van der Waals surface area contributed by atoms with Gasteiger partial charge in [0.1, 0.15) is 6.54 Å². The van der Waals surface area contributed by atoms with E-state index in [2.05, 4.69) is 4.90 Å². The number of hydrogen-bond acceptors (Lipinski definition) is 5. The van der Waals surface area contributed by atoms with Crippen LogP contribution in [0.25, 0.3) is 0 Å². The van der Waals surface area contributed by atoms with Crippen molar-refractivity contribution in [1.29, 1.82) is 0 Å². The molecular weight excluding hydrogens is 434 g/mol. The van der Waals surface area contributed by atoms with E-state index in [1.165, 1.54) is 15.9 Å². The van der Waals surface area contributed by atoms with Gasteiger partial charge in [0, 0.05) is 57.6 Å². The molecule has 0 bridgehead atoms. The summed E-state index contributed by atoms with van der Waals surface area (Å²) in [5.74, 6) is -0.565. The number of rotatable bonds is 5. The molecule has 2 aromatic carbocycles. The number of carbonyl (C=O) groups excluding carboxylic acids is 2. The highest BCUT2D eigenvalue weighted by Crippen LogP contribution is 2.33. The molecule has 3 heterocycles. The van der Waals surface area contributed by atoms with Gasteiger partial charge in [-0.3, -0.25) is 14.6 Å². The van der Waals surface area contributed by atoms with Crippen molar-refractivity contribution >= 4 is 17.6 Å². The van der Waals surface area contributed by atoms with E-state index in [4.69, 9.17) is 9.47 Å². The second-order valence-corrected chi connectivity index (χ2v) is 8.30. The van der Waals surface area contributed by atoms with Crippen molar-refractivity contribution in [2.45, 2.75) is 6.54 Å². The van der Waals surface area contributed by atoms with Gasteiger partial charge in [-0.15, -0.1) is 0 Å². The first kappa shape index (κ1) is 21.4. The molecule has 2 fully saturated rings. The van der Waals surface area contributed by atoms with Crippen LogP contribution in [0.3, 0.4) is 0 Å². The van der Waals surface area contributed by atoms with Gasteiger partial charge < -0.3 is 19.3 Å². The Balaban J connectivity index is 1.12. The summed E-state index contributed by atoms with van der Waals surface area (Å²) < 4.78 is 37.5. The summed E-state index contributed by atoms with van der Waals surface area (Å²) in [7, 11) is 0. The number of benzene rings is 2. The zero-order valence-corrected chi connectivity index (χ0v) is 18.0. The van der Waals surface area contributed by atoms with Crippen LogP contribution in [0.15, 0.2) is 36.4 Å². The maximum Gasteiger partial charge on any atom is 0.325 e. The number of ether oxygens (including phenoxy) is 2. The van der Waals surface area contributed by atoms with Crippen molar-refractivity contribution in [2.24, 2.45) is 0 Å². The molecule has 3 aliphatic heterocycles. The monoisotopic (exact) mass is 458 g/mol. The van der Waals surface area contributed by atoms with E-state index in [1.54, 1.807) is 4.90 Å². The smallest absolute Gasteiger partial charge is 0.325 e. The molecule has 0 aliphatic carbocycles. The van der Waals surface area contributed by atoms with Crippen LogP contribution >= 0.6 is 0 Å². The Labute approximate surface area is 189 Å². The number of anilines is 1. The first-order valence-corrected chi connectivity index (χ1v) is 10.9. The Morgan fingerprint density at radius 3 is 2.45 bits per heavy atom. The fourth-order valence-electron chi connectivity index (χ4n) is 4.34. The van der Waals surface area contributed by atoms with E-state index in [0.717, 1.165) is 48.8 Å². The van der Waals surface area contributed by atoms with Gasteiger partial charge in [-0.1, -0.05) is 6.07 Å². The van der Waals surface area contributed by atoms with E-state index in [0.29, 0.717) is 26.2 Å². The zero-order valence-electron chi connectivity index (χ0n) is 18.0. The lowest BCUT2D eigenvalue weighted by atomic mass is 10.1. The van der Waals surface area contributed by atoms with Gasteiger partial charge in [0.25, 0.3) is 0 Å². The third-order valence-corrected chi connectivity index (χ3v) is 6.20. The summed E-state index contributed by atoms with van der Waals surface area (Å²) in [6.07, 6.45) is 0. The molecule has 33 heavy (non-hydrogen) atoms. The number of hydrogen-bond donors (Lipinski definition) is 0. The van der Waals surface area contributed by atoms with Crippen LogP contribution in [0.4, 0.5) is 19.3 Å². The average Bonchev–Trinajstić information content (AvgIpc) is 3.42. The highest BCUT2D eigenvalue weighted by Gasteiger charge is 2.33. The summed E-state index contributed by atoms with van der Waals surface area (Å²) >= 11 is 0. The van der Waals surface area contributed by atoms with E-state index in [9.17, 15) is 18.4 Å². The second kappa shape index (κ2) is 8.86. The molecule has 2 aromatic rings. The van der Waals surface area contributed by atoms with Gasteiger partial charge in [0.15, 0.2) is 23.1 Å². The first-order chi connectivity index (χ1) is 16.0. The van der Waals surface area contributed by atoms with Crippen LogP contribution in [-0.2, 0) is 11.3 Å². The van der Waals surface area contributed by atoms with Crippen LogP contribution in [0.5, 0.6) is 11.5 Å². The minimum Gasteiger partial charge on any atom is -0.454 e. The summed E-state index contributed by atoms with van der Waals surface area (Å²) in [5, 5.41) is 0. The van der Waals surface area contributed by atoms with Crippen molar-refractivity contribution in [1.82, 2.24) is 14.7 Å². The van der Waals surface area contributed by atoms with Crippen molar-refractivity contribution < 1.29 is 27.8 Å². The van der Waals surface area contributed by atoms with Gasteiger partial charge >= 0.3 is 6.03 Å². The third kappa shape index (κ3) is 4.43. The molecule has 2 saturated heterocycles. The number of urea groups is 1. The molecule has 5 rings (SSSR count). The molecule has 0 unspecified atom stereocenters. The molecule has 0 aromatic heterocycles. The van der Waals surface area contributed by atoms with Crippen LogP contribution < -0.4 is 14.4 Å². The van der Waals surface area contributed by atoms with E-state index in [1.807, 2.05) is 18.2 Å². The van der Waals surface area contributed by atoms with Crippen molar-refractivity contribution in [3.05, 3.63) is 53.6 Å². The fourth-order valence-corrected chi connectivity index (χ4v) is 4.34. The molecule has 174 valence electrons. The first-order valence-electron chi connectivity index (χ1n) is 10.9. The number of fused-ring (bicyclic) bond motifs is 1. The van der Waals surface area contributed by atoms with E-state index < -0.39 is 11.6 Å². The lowest BCUT2D eigenvalue weighted by Gasteiger charge is -2.35. The standard InChI is InChI=1S/C23H24F2N4O4/c24-18-3-2-17(12-19(18)25)29-10-9-28(23(29)31)14-22(30)27-7-5-26(6-8-27)13-16-1-4-20-21(11-16)33-15-32-20/h1-4,11-12H,5-10,13-15H2. The molecule has 0 radical (unpaired) electrons. The lowest BCUT2D eigenvalue weighted by molar-refractivity contribution is -0.133. The van der Waals surface area contributed by atoms with Crippen molar-refractivity contribution in [3.8, 4) is 11.5 Å². The Hall–Kier alpha value is -3.40. The maximum absolute atomic E-state index is 13.5. The van der Waals surface area contributed by atoms with Crippen LogP contribution in [-0.4, -0.2) is 79.2 Å². The summed E-state index contributed by atoms with van der Waals surface area (Å²) in [6, 6.07) is 8.89. The van der Waals surface area contributed by atoms with Gasteiger partial charge in [0.2, 0.25) is 12.7 Å². The molecule has 0 spiro atoms. The topological polar surface area (TPSA) is 65.6 Å². The fraction of sp³-hybridized carbons (Fsp3) is 0.391. The Bertz CT molecular complexity index is 1070. The van der Waals surface area contributed by atoms with Gasteiger partial charge in [-0.05, 0) is 29.8 Å². The zero-order chi connectivity index (χ0) is 22.9. The minimum atomic E-state index is -1.01. The predicted octanol–water partition coefficient (Wildman–Crippen LogP) is 2.28. The quantitative estimate of drug-likeness (QED) is 0.688. The van der Waals surface area contributed by atoms with E-state index in [-0.39, 0.29) is 31.0 Å². The molecule has 0 atom stereocenters. The second-order valence-electron chi connectivity index (χ2n) is 8.30. The van der Waals surface area contributed by atoms with Gasteiger partial charge in [-0.2, -0.15) is 0 Å². The summed E-state index contributed by atoms with van der Waals surface area (Å²) in [6.45, 7) is 4.28. The predicted molar refractivity (Wildman–Crippen MR) is 115 cm³/mol. The van der Waals surface area contributed by atoms with E-state index >= 15 is 0 Å². The van der Waals surface area contributed by atoms with Crippen LogP contribution in [0, 0.1) is 11.6 Å². The highest BCUT2D eigenvalue weighted by atomic mass is 19.2. The maximum atomic E-state index is 13.5. The number of carbonyl (C=O) groups is 2. The minimum absolute atomic E-state index is 0.0266. The molecular formula is C23H24F2N4O4. The van der Waals surface area contributed by atoms with Crippen LogP contribution in [0.1, 0.15) is 5.56 Å². The highest BCUT2D eigenvalue weighted by molar-refractivity contribution is 5.96. The molecule has 0 N–H and O–H groups in total. The van der Waals surface area contributed by atoms with Gasteiger partial charge in [0.05, 0.1) is 0 Å².